The second-order valence-electron chi connectivity index (χ2n) is 6.32. The van der Waals surface area contributed by atoms with Gasteiger partial charge in [-0.15, -0.1) is 0 Å². The molecule has 1 saturated heterocycles. The van der Waals surface area contributed by atoms with Crippen molar-refractivity contribution in [1.82, 2.24) is 14.7 Å². The van der Waals surface area contributed by atoms with E-state index < -0.39 is 24.0 Å². The maximum Gasteiger partial charge on any atom is 0.257 e. The van der Waals surface area contributed by atoms with E-state index in [4.69, 9.17) is 0 Å². The summed E-state index contributed by atoms with van der Waals surface area (Å²) in [6, 6.07) is 14.3. The van der Waals surface area contributed by atoms with Gasteiger partial charge in [-0.1, -0.05) is 18.2 Å². The van der Waals surface area contributed by atoms with E-state index in [-0.39, 0.29) is 6.42 Å². The molecule has 4 rings (SSSR count). The molecule has 3 aromatic rings. The average Bonchev–Trinajstić information content (AvgIpc) is 3.19. The van der Waals surface area contributed by atoms with Gasteiger partial charge in [0.25, 0.3) is 5.91 Å². The smallest absolute Gasteiger partial charge is 0.257 e. The standard InChI is InChI=1S/C19H17FN4O2/c1-23-17(10-15(20)19(23)26)18(25)22-13-6-8-14(9-7-13)24-16-5-3-2-4-12(16)11-21-24/h2-9,11,15,17H,10H2,1H3,(H,22,25)/t15-,17+/m1/s1. The lowest BCUT2D eigenvalue weighted by molar-refractivity contribution is -0.134. The maximum absolute atomic E-state index is 13.5. The van der Waals surface area contributed by atoms with Gasteiger partial charge in [0.05, 0.1) is 17.4 Å². The van der Waals surface area contributed by atoms with Crippen LogP contribution in [0.3, 0.4) is 0 Å². The Morgan fingerprint density at radius 3 is 2.62 bits per heavy atom. The lowest BCUT2D eigenvalue weighted by Crippen LogP contribution is -2.39. The Hall–Kier alpha value is -3.22. The number of para-hydroxylation sites is 1. The number of nitrogens with one attached hydrogen (secondary N) is 1. The number of halogens is 1. The Labute approximate surface area is 149 Å². The van der Waals surface area contributed by atoms with E-state index in [0.29, 0.717) is 5.69 Å². The molecule has 0 aliphatic carbocycles. The van der Waals surface area contributed by atoms with Crippen LogP contribution in [0, 0.1) is 0 Å². The number of alkyl halides is 1. The molecule has 1 fully saturated rings. The first-order valence-corrected chi connectivity index (χ1v) is 8.29. The number of rotatable bonds is 3. The average molecular weight is 352 g/mol. The molecule has 0 bridgehead atoms. The fourth-order valence-electron chi connectivity index (χ4n) is 3.20. The highest BCUT2D eigenvalue weighted by atomic mass is 19.1. The van der Waals surface area contributed by atoms with Gasteiger partial charge in [-0.05, 0) is 30.3 Å². The monoisotopic (exact) mass is 352 g/mol. The molecule has 2 atom stereocenters. The van der Waals surface area contributed by atoms with Crippen molar-refractivity contribution >= 4 is 28.4 Å². The first-order chi connectivity index (χ1) is 12.5. The molecule has 26 heavy (non-hydrogen) atoms. The zero-order valence-corrected chi connectivity index (χ0v) is 14.1. The number of fused-ring (bicyclic) bond motifs is 1. The molecule has 7 heteroatoms. The van der Waals surface area contributed by atoms with E-state index in [1.165, 1.54) is 7.05 Å². The Kier molecular flexibility index (Phi) is 3.91. The Morgan fingerprint density at radius 2 is 1.92 bits per heavy atom. The van der Waals surface area contributed by atoms with Gasteiger partial charge in [0.2, 0.25) is 5.91 Å². The number of carbonyl (C=O) groups is 2. The highest BCUT2D eigenvalue weighted by molar-refractivity contribution is 6.00. The largest absolute Gasteiger partial charge is 0.331 e. The van der Waals surface area contributed by atoms with Crippen LogP contribution < -0.4 is 5.32 Å². The summed E-state index contributed by atoms with van der Waals surface area (Å²) >= 11 is 0. The molecule has 0 spiro atoms. The fraction of sp³-hybridized carbons (Fsp3) is 0.211. The van der Waals surface area contributed by atoms with Crippen LogP contribution in [-0.2, 0) is 9.59 Å². The van der Waals surface area contributed by atoms with Crippen molar-refractivity contribution in [2.24, 2.45) is 0 Å². The molecule has 132 valence electrons. The molecule has 1 aromatic heterocycles. The predicted molar refractivity (Wildman–Crippen MR) is 95.8 cm³/mol. The van der Waals surface area contributed by atoms with Crippen LogP contribution in [0.4, 0.5) is 10.1 Å². The maximum atomic E-state index is 13.5. The van der Waals surface area contributed by atoms with Crippen molar-refractivity contribution < 1.29 is 14.0 Å². The summed E-state index contributed by atoms with van der Waals surface area (Å²) in [6.45, 7) is 0. The molecule has 0 unspecified atom stereocenters. The van der Waals surface area contributed by atoms with E-state index in [1.54, 1.807) is 18.3 Å². The summed E-state index contributed by atoms with van der Waals surface area (Å²) in [6.07, 6.45) is 0.0790. The third kappa shape index (κ3) is 2.71. The van der Waals surface area contributed by atoms with Crippen LogP contribution in [0.5, 0.6) is 0 Å². The molecular weight excluding hydrogens is 335 g/mol. The molecule has 2 heterocycles. The summed E-state index contributed by atoms with van der Waals surface area (Å²) in [7, 11) is 1.44. The Morgan fingerprint density at radius 1 is 1.19 bits per heavy atom. The first-order valence-electron chi connectivity index (χ1n) is 8.29. The molecule has 0 saturated carbocycles. The van der Waals surface area contributed by atoms with Gasteiger partial charge in [0.15, 0.2) is 6.17 Å². The summed E-state index contributed by atoms with van der Waals surface area (Å²) in [4.78, 5) is 25.0. The number of amides is 2. The van der Waals surface area contributed by atoms with Crippen LogP contribution in [0.2, 0.25) is 0 Å². The topological polar surface area (TPSA) is 67.2 Å². The number of nitrogens with zero attached hydrogens (tertiary/aromatic N) is 3. The van der Waals surface area contributed by atoms with E-state index in [2.05, 4.69) is 10.4 Å². The van der Waals surface area contributed by atoms with Gasteiger partial charge >= 0.3 is 0 Å². The molecule has 1 aliphatic rings. The van der Waals surface area contributed by atoms with Crippen LogP contribution in [0.15, 0.2) is 54.7 Å². The minimum atomic E-state index is -1.61. The van der Waals surface area contributed by atoms with E-state index >= 15 is 0 Å². The highest BCUT2D eigenvalue weighted by Gasteiger charge is 2.41. The van der Waals surface area contributed by atoms with Gasteiger partial charge in [0, 0.05) is 24.5 Å². The van der Waals surface area contributed by atoms with Gasteiger partial charge in [-0.3, -0.25) is 9.59 Å². The quantitative estimate of drug-likeness (QED) is 0.788. The van der Waals surface area contributed by atoms with Crippen LogP contribution in [0.1, 0.15) is 6.42 Å². The number of aromatic nitrogens is 2. The molecule has 2 amide bonds. The second kappa shape index (κ2) is 6.25. The van der Waals surface area contributed by atoms with Crippen molar-refractivity contribution in [2.75, 3.05) is 12.4 Å². The number of likely N-dealkylation sites (N-methyl/N-ethyl adjacent to an activating group) is 1. The SMILES string of the molecule is CN1C(=O)[C@H](F)C[C@H]1C(=O)Nc1ccc(-n2ncc3ccccc32)cc1. The molecule has 6 nitrogen and oxygen atoms in total. The lowest BCUT2D eigenvalue weighted by Gasteiger charge is -2.18. The number of hydrogen-bond acceptors (Lipinski definition) is 3. The summed E-state index contributed by atoms with van der Waals surface area (Å²) in [5.41, 5.74) is 2.43. The van der Waals surface area contributed by atoms with Gasteiger partial charge in [0.1, 0.15) is 6.04 Å². The minimum absolute atomic E-state index is 0.113. The van der Waals surface area contributed by atoms with Crippen LogP contribution in [-0.4, -0.2) is 45.8 Å². The molecular formula is C19H17FN4O2. The molecule has 1 aliphatic heterocycles. The Bertz CT molecular complexity index is 983. The minimum Gasteiger partial charge on any atom is -0.331 e. The van der Waals surface area contributed by atoms with E-state index in [0.717, 1.165) is 21.5 Å². The third-order valence-electron chi connectivity index (χ3n) is 4.67. The summed E-state index contributed by atoms with van der Waals surface area (Å²) < 4.78 is 15.3. The first kappa shape index (κ1) is 16.3. The zero-order valence-electron chi connectivity index (χ0n) is 14.1. The van der Waals surface area contributed by atoms with Crippen molar-refractivity contribution in [3.63, 3.8) is 0 Å². The molecule has 1 N–H and O–H groups in total. The fourth-order valence-corrected chi connectivity index (χ4v) is 3.20. The number of hydrogen-bond donors (Lipinski definition) is 1. The van der Waals surface area contributed by atoms with Gasteiger partial charge in [-0.25, -0.2) is 9.07 Å². The van der Waals surface area contributed by atoms with Crippen molar-refractivity contribution in [3.05, 3.63) is 54.7 Å². The predicted octanol–water partition coefficient (Wildman–Crippen LogP) is 2.53. The number of carbonyl (C=O) groups excluding carboxylic acids is 2. The van der Waals surface area contributed by atoms with Crippen LogP contribution >= 0.6 is 0 Å². The lowest BCUT2D eigenvalue weighted by atomic mass is 10.2. The van der Waals surface area contributed by atoms with E-state index in [9.17, 15) is 14.0 Å². The Balaban J connectivity index is 1.52. The number of likely N-dealkylation sites (tertiary alicyclic amines) is 1. The van der Waals surface area contributed by atoms with Gasteiger partial charge < -0.3 is 10.2 Å². The van der Waals surface area contributed by atoms with Gasteiger partial charge in [-0.2, -0.15) is 5.10 Å². The van der Waals surface area contributed by atoms with Crippen molar-refractivity contribution in [3.8, 4) is 5.69 Å². The normalized spacial score (nSPS) is 19.9. The zero-order chi connectivity index (χ0) is 18.3. The second-order valence-corrected chi connectivity index (χ2v) is 6.32. The molecule has 0 radical (unpaired) electrons. The third-order valence-corrected chi connectivity index (χ3v) is 4.67. The highest BCUT2D eigenvalue weighted by Crippen LogP contribution is 2.23. The van der Waals surface area contributed by atoms with Crippen molar-refractivity contribution in [1.29, 1.82) is 0 Å². The van der Waals surface area contributed by atoms with Crippen LogP contribution in [0.25, 0.3) is 16.6 Å². The number of anilines is 1. The van der Waals surface area contributed by atoms with E-state index in [1.807, 2.05) is 41.1 Å². The van der Waals surface area contributed by atoms with Crippen molar-refractivity contribution in [2.45, 2.75) is 18.6 Å². The summed E-state index contributed by atoms with van der Waals surface area (Å²) in [5, 5.41) is 8.17. The summed E-state index contributed by atoms with van der Waals surface area (Å²) in [5.74, 6) is -1.04. The molecule has 2 aromatic carbocycles. The number of benzene rings is 2.